The van der Waals surface area contributed by atoms with Gasteiger partial charge >= 0.3 is 0 Å². The second kappa shape index (κ2) is 7.04. The molecule has 1 aliphatic rings. The highest BCUT2D eigenvalue weighted by molar-refractivity contribution is 7.16. The molecule has 1 aliphatic heterocycles. The summed E-state index contributed by atoms with van der Waals surface area (Å²) in [6.45, 7) is 7.54. The van der Waals surface area contributed by atoms with Gasteiger partial charge in [0, 0.05) is 17.8 Å². The van der Waals surface area contributed by atoms with E-state index in [0.29, 0.717) is 13.2 Å². The summed E-state index contributed by atoms with van der Waals surface area (Å²) in [5.41, 5.74) is 0.950. The molecule has 1 aromatic rings. The third kappa shape index (κ3) is 4.25. The fourth-order valence-corrected chi connectivity index (χ4v) is 3.57. The van der Waals surface area contributed by atoms with Gasteiger partial charge in [0.1, 0.15) is 4.34 Å². The SMILES string of the molecule is CNC(=O)C1COCC(C#Cc2cc(C(C)(C)C)sc2Cl)C1. The first-order valence-electron chi connectivity index (χ1n) is 7.42. The molecule has 3 nitrogen and oxygen atoms in total. The maximum Gasteiger partial charge on any atom is 0.225 e. The molecule has 1 aromatic heterocycles. The molecule has 120 valence electrons. The third-order valence-corrected chi connectivity index (χ3v) is 5.45. The molecule has 0 radical (unpaired) electrons. The first kappa shape index (κ1) is 17.3. The number of ether oxygens (including phenoxy) is 1. The number of nitrogens with one attached hydrogen (secondary N) is 1. The molecule has 1 amide bonds. The van der Waals surface area contributed by atoms with Gasteiger partial charge in [0.25, 0.3) is 0 Å². The number of rotatable bonds is 1. The highest BCUT2D eigenvalue weighted by Gasteiger charge is 2.26. The van der Waals surface area contributed by atoms with E-state index < -0.39 is 0 Å². The molecule has 1 N–H and O–H groups in total. The lowest BCUT2D eigenvalue weighted by Gasteiger charge is -2.24. The molecule has 2 atom stereocenters. The van der Waals surface area contributed by atoms with Crippen molar-refractivity contribution in [3.05, 3.63) is 20.8 Å². The molecule has 0 aromatic carbocycles. The first-order valence-corrected chi connectivity index (χ1v) is 8.61. The van der Waals surface area contributed by atoms with Crippen LogP contribution in [-0.4, -0.2) is 26.2 Å². The molecular formula is C17H22ClNO2S. The fraction of sp³-hybridized carbons (Fsp3) is 0.588. The predicted octanol–water partition coefficient (Wildman–Crippen LogP) is 3.45. The highest BCUT2D eigenvalue weighted by atomic mass is 35.5. The third-order valence-electron chi connectivity index (χ3n) is 3.66. The number of halogens is 1. The highest BCUT2D eigenvalue weighted by Crippen LogP contribution is 2.35. The lowest BCUT2D eigenvalue weighted by atomic mass is 9.92. The van der Waals surface area contributed by atoms with Gasteiger partial charge in [-0.05, 0) is 17.9 Å². The average Bonchev–Trinajstić information content (AvgIpc) is 2.86. The van der Waals surface area contributed by atoms with Crippen LogP contribution < -0.4 is 5.32 Å². The summed E-state index contributed by atoms with van der Waals surface area (Å²) >= 11 is 7.88. The van der Waals surface area contributed by atoms with E-state index >= 15 is 0 Å². The minimum atomic E-state index is -0.110. The number of carbonyl (C=O) groups is 1. The summed E-state index contributed by atoms with van der Waals surface area (Å²) in [5, 5.41) is 2.67. The summed E-state index contributed by atoms with van der Waals surface area (Å²) < 4.78 is 6.24. The van der Waals surface area contributed by atoms with E-state index in [1.54, 1.807) is 18.4 Å². The van der Waals surface area contributed by atoms with Gasteiger partial charge in [0.2, 0.25) is 5.91 Å². The molecule has 2 heterocycles. The normalized spacial score (nSPS) is 21.9. The van der Waals surface area contributed by atoms with Gasteiger partial charge in [-0.1, -0.05) is 44.2 Å². The Kier molecular flexibility index (Phi) is 5.55. The fourth-order valence-electron chi connectivity index (χ4n) is 2.32. The average molecular weight is 340 g/mol. The predicted molar refractivity (Wildman–Crippen MR) is 91.4 cm³/mol. The maximum atomic E-state index is 11.7. The van der Waals surface area contributed by atoms with Gasteiger partial charge in [-0.3, -0.25) is 4.79 Å². The Morgan fingerprint density at radius 3 is 2.77 bits per heavy atom. The number of thiophene rings is 1. The van der Waals surface area contributed by atoms with Crippen LogP contribution in [0.5, 0.6) is 0 Å². The second-order valence-electron chi connectivity index (χ2n) is 6.60. The molecule has 0 bridgehead atoms. The largest absolute Gasteiger partial charge is 0.379 e. The van der Waals surface area contributed by atoms with Crippen LogP contribution in [0, 0.1) is 23.7 Å². The van der Waals surface area contributed by atoms with Gasteiger partial charge in [-0.2, -0.15) is 0 Å². The van der Waals surface area contributed by atoms with E-state index in [9.17, 15) is 4.79 Å². The van der Waals surface area contributed by atoms with Crippen LogP contribution in [0.2, 0.25) is 4.34 Å². The van der Waals surface area contributed by atoms with E-state index in [2.05, 4.69) is 44.0 Å². The molecule has 22 heavy (non-hydrogen) atoms. The van der Waals surface area contributed by atoms with E-state index in [1.165, 1.54) is 4.88 Å². The number of carbonyl (C=O) groups excluding carboxylic acids is 1. The summed E-state index contributed by atoms with van der Waals surface area (Å²) in [4.78, 5) is 12.9. The van der Waals surface area contributed by atoms with Crippen LogP contribution in [0.1, 0.15) is 37.6 Å². The van der Waals surface area contributed by atoms with Crippen LogP contribution in [0.15, 0.2) is 6.07 Å². The zero-order valence-electron chi connectivity index (χ0n) is 13.5. The van der Waals surface area contributed by atoms with Crippen LogP contribution in [0.3, 0.4) is 0 Å². The van der Waals surface area contributed by atoms with Crippen LogP contribution >= 0.6 is 22.9 Å². The Hall–Kier alpha value is -1.02. The van der Waals surface area contributed by atoms with Gasteiger partial charge < -0.3 is 10.1 Å². The Morgan fingerprint density at radius 1 is 1.45 bits per heavy atom. The zero-order valence-corrected chi connectivity index (χ0v) is 15.0. The van der Waals surface area contributed by atoms with Crippen molar-refractivity contribution in [3.63, 3.8) is 0 Å². The van der Waals surface area contributed by atoms with E-state index in [0.717, 1.165) is 16.3 Å². The van der Waals surface area contributed by atoms with Crippen molar-refractivity contribution in [2.24, 2.45) is 11.8 Å². The van der Waals surface area contributed by atoms with Crippen molar-refractivity contribution in [2.45, 2.75) is 32.6 Å². The Labute approximate surface area is 141 Å². The maximum absolute atomic E-state index is 11.7. The molecule has 5 heteroatoms. The Bertz CT molecular complexity index is 606. The summed E-state index contributed by atoms with van der Waals surface area (Å²) in [6.07, 6.45) is 0.737. The lowest BCUT2D eigenvalue weighted by Crippen LogP contribution is -2.36. The van der Waals surface area contributed by atoms with E-state index in [-0.39, 0.29) is 23.2 Å². The van der Waals surface area contributed by atoms with Crippen molar-refractivity contribution < 1.29 is 9.53 Å². The number of hydrogen-bond acceptors (Lipinski definition) is 3. The minimum absolute atomic E-state index is 0.0232. The molecule has 1 saturated heterocycles. The lowest BCUT2D eigenvalue weighted by molar-refractivity contribution is -0.129. The van der Waals surface area contributed by atoms with Crippen molar-refractivity contribution >= 4 is 28.8 Å². The van der Waals surface area contributed by atoms with Gasteiger partial charge in [-0.25, -0.2) is 0 Å². The van der Waals surface area contributed by atoms with Crippen LogP contribution in [0.4, 0.5) is 0 Å². The topological polar surface area (TPSA) is 38.3 Å². The Balaban J connectivity index is 2.10. The van der Waals surface area contributed by atoms with Crippen molar-refractivity contribution in [1.82, 2.24) is 5.32 Å². The molecule has 0 spiro atoms. The summed E-state index contributed by atoms with van der Waals surface area (Å²) in [6, 6.07) is 2.07. The van der Waals surface area contributed by atoms with Crippen LogP contribution in [0.25, 0.3) is 0 Å². The molecule has 0 aliphatic carbocycles. The van der Waals surface area contributed by atoms with Crippen molar-refractivity contribution in [1.29, 1.82) is 0 Å². The van der Waals surface area contributed by atoms with E-state index in [1.807, 2.05) is 0 Å². The Morgan fingerprint density at radius 2 is 2.18 bits per heavy atom. The molecule has 0 saturated carbocycles. The smallest absolute Gasteiger partial charge is 0.225 e. The molecule has 2 rings (SSSR count). The monoisotopic (exact) mass is 339 g/mol. The van der Waals surface area contributed by atoms with Gasteiger partial charge in [-0.15, -0.1) is 11.3 Å². The molecular weight excluding hydrogens is 318 g/mol. The van der Waals surface area contributed by atoms with Crippen molar-refractivity contribution in [3.8, 4) is 11.8 Å². The number of hydrogen-bond donors (Lipinski definition) is 1. The van der Waals surface area contributed by atoms with Gasteiger partial charge in [0.05, 0.1) is 24.7 Å². The van der Waals surface area contributed by atoms with Gasteiger partial charge in [0.15, 0.2) is 0 Å². The quantitative estimate of drug-likeness (QED) is 0.796. The zero-order chi connectivity index (χ0) is 16.3. The summed E-state index contributed by atoms with van der Waals surface area (Å²) in [7, 11) is 1.65. The number of amides is 1. The second-order valence-corrected chi connectivity index (χ2v) is 8.25. The van der Waals surface area contributed by atoms with Crippen LogP contribution in [-0.2, 0) is 14.9 Å². The van der Waals surface area contributed by atoms with Crippen molar-refractivity contribution in [2.75, 3.05) is 20.3 Å². The molecule has 2 unspecified atom stereocenters. The minimum Gasteiger partial charge on any atom is -0.379 e. The molecule has 1 fully saturated rings. The standard InChI is InChI=1S/C17H22ClNO2S/c1-17(2,3)14-8-12(15(18)22-14)6-5-11-7-13(10-21-9-11)16(20)19-4/h8,11,13H,7,9-10H2,1-4H3,(H,19,20). The first-order chi connectivity index (χ1) is 10.3. The van der Waals surface area contributed by atoms with E-state index in [4.69, 9.17) is 16.3 Å². The summed E-state index contributed by atoms with van der Waals surface area (Å²) in [5.74, 6) is 6.38.